The van der Waals surface area contributed by atoms with Crippen LogP contribution < -0.4 is 10.0 Å². The number of thiophene rings is 1. The fourth-order valence-corrected chi connectivity index (χ4v) is 4.16. The molecule has 2 aromatic rings. The third-order valence-electron chi connectivity index (χ3n) is 2.75. The van der Waals surface area contributed by atoms with Crippen LogP contribution in [0.1, 0.15) is 23.5 Å². The summed E-state index contributed by atoms with van der Waals surface area (Å²) < 4.78 is 27.8. The van der Waals surface area contributed by atoms with Gasteiger partial charge in [-0.05, 0) is 32.2 Å². The molecule has 0 saturated carbocycles. The van der Waals surface area contributed by atoms with Crippen molar-refractivity contribution in [2.45, 2.75) is 24.4 Å². The van der Waals surface area contributed by atoms with Gasteiger partial charge in [-0.3, -0.25) is 0 Å². The largest absolute Gasteiger partial charge is 0.363 e. The molecule has 110 valence electrons. The highest BCUT2D eigenvalue weighted by atomic mass is 35.5. The molecule has 0 fully saturated rings. The summed E-state index contributed by atoms with van der Waals surface area (Å²) in [7, 11) is -1.74. The highest BCUT2D eigenvalue weighted by Gasteiger charge is 2.20. The standard InChI is InChI=1S/C12H16ClN3O2S2/c1-8(11-3-4-12(13)19-11)16-20(17,18)10-5-9(6-14-2)15-7-10/h3-5,7-8,14-16H,6H2,1-2H3. The molecule has 2 heterocycles. The van der Waals surface area contributed by atoms with Gasteiger partial charge in [0.2, 0.25) is 10.0 Å². The molecule has 0 aromatic carbocycles. The van der Waals surface area contributed by atoms with E-state index in [0.717, 1.165) is 10.6 Å². The van der Waals surface area contributed by atoms with Gasteiger partial charge < -0.3 is 10.3 Å². The Morgan fingerprint density at radius 2 is 2.20 bits per heavy atom. The molecule has 0 aliphatic rings. The maximum absolute atomic E-state index is 12.3. The van der Waals surface area contributed by atoms with Crippen molar-refractivity contribution in [3.63, 3.8) is 0 Å². The molecular formula is C12H16ClN3O2S2. The van der Waals surface area contributed by atoms with Crippen LogP contribution in [-0.2, 0) is 16.6 Å². The fraction of sp³-hybridized carbons (Fsp3) is 0.333. The average molecular weight is 334 g/mol. The molecule has 2 rings (SSSR count). The van der Waals surface area contributed by atoms with Gasteiger partial charge in [-0.1, -0.05) is 11.6 Å². The Morgan fingerprint density at radius 1 is 1.45 bits per heavy atom. The summed E-state index contributed by atoms with van der Waals surface area (Å²) in [6.07, 6.45) is 1.49. The molecule has 2 aromatic heterocycles. The summed E-state index contributed by atoms with van der Waals surface area (Å²) in [6.45, 7) is 2.38. The predicted molar refractivity (Wildman–Crippen MR) is 81.6 cm³/mol. The molecule has 20 heavy (non-hydrogen) atoms. The Kier molecular flexibility index (Phi) is 4.87. The van der Waals surface area contributed by atoms with E-state index in [2.05, 4.69) is 15.0 Å². The molecule has 3 N–H and O–H groups in total. The van der Waals surface area contributed by atoms with Crippen LogP contribution in [0.2, 0.25) is 4.34 Å². The summed E-state index contributed by atoms with van der Waals surface area (Å²) in [6, 6.07) is 4.88. The van der Waals surface area contributed by atoms with Crippen LogP contribution in [0.15, 0.2) is 29.3 Å². The third-order valence-corrected chi connectivity index (χ3v) is 5.68. The number of hydrogen-bond donors (Lipinski definition) is 3. The zero-order chi connectivity index (χ0) is 14.8. The number of rotatable bonds is 6. The van der Waals surface area contributed by atoms with Gasteiger partial charge in [0.1, 0.15) is 0 Å². The summed E-state index contributed by atoms with van der Waals surface area (Å²) in [5.41, 5.74) is 0.819. The molecule has 0 spiro atoms. The van der Waals surface area contributed by atoms with Crippen LogP contribution in [0, 0.1) is 0 Å². The average Bonchev–Trinajstić information content (AvgIpc) is 2.98. The first kappa shape index (κ1) is 15.5. The number of aromatic amines is 1. The van der Waals surface area contributed by atoms with Crippen molar-refractivity contribution in [1.82, 2.24) is 15.0 Å². The minimum absolute atomic E-state index is 0.234. The second-order valence-electron chi connectivity index (χ2n) is 4.38. The Balaban J connectivity index is 2.13. The van der Waals surface area contributed by atoms with Crippen LogP contribution >= 0.6 is 22.9 Å². The van der Waals surface area contributed by atoms with Gasteiger partial charge in [0.15, 0.2) is 0 Å². The first-order valence-corrected chi connectivity index (χ1v) is 8.69. The van der Waals surface area contributed by atoms with Crippen LogP contribution in [0.5, 0.6) is 0 Å². The quantitative estimate of drug-likeness (QED) is 0.760. The second kappa shape index (κ2) is 6.28. The molecule has 0 amide bonds. The summed E-state index contributed by atoms with van der Waals surface area (Å²) in [5.74, 6) is 0. The van der Waals surface area contributed by atoms with Crippen molar-refractivity contribution in [1.29, 1.82) is 0 Å². The minimum Gasteiger partial charge on any atom is -0.363 e. The number of halogens is 1. The number of nitrogens with one attached hydrogen (secondary N) is 3. The van der Waals surface area contributed by atoms with E-state index in [9.17, 15) is 8.42 Å². The van der Waals surface area contributed by atoms with Gasteiger partial charge in [0, 0.05) is 23.3 Å². The maximum Gasteiger partial charge on any atom is 0.242 e. The molecule has 0 aliphatic heterocycles. The molecule has 1 atom stereocenters. The van der Waals surface area contributed by atoms with Gasteiger partial charge in [0.05, 0.1) is 15.3 Å². The van der Waals surface area contributed by atoms with Gasteiger partial charge >= 0.3 is 0 Å². The van der Waals surface area contributed by atoms with Crippen molar-refractivity contribution in [2.24, 2.45) is 0 Å². The van der Waals surface area contributed by atoms with Gasteiger partial charge in [-0.15, -0.1) is 11.3 Å². The normalized spacial score (nSPS) is 13.6. The minimum atomic E-state index is -3.54. The highest BCUT2D eigenvalue weighted by Crippen LogP contribution is 2.27. The number of H-pyrrole nitrogens is 1. The van der Waals surface area contributed by atoms with E-state index < -0.39 is 10.0 Å². The maximum atomic E-state index is 12.3. The Bertz CT molecular complexity index is 678. The lowest BCUT2D eigenvalue weighted by atomic mass is 10.3. The SMILES string of the molecule is CNCc1cc(S(=O)(=O)NC(C)c2ccc(Cl)s2)c[nH]1. The van der Waals surface area contributed by atoms with E-state index in [1.807, 2.05) is 6.07 Å². The zero-order valence-corrected chi connectivity index (χ0v) is 13.5. The Morgan fingerprint density at radius 3 is 2.80 bits per heavy atom. The van der Waals surface area contributed by atoms with Gasteiger partial charge in [-0.25, -0.2) is 13.1 Å². The van der Waals surface area contributed by atoms with Crippen LogP contribution in [-0.4, -0.2) is 20.4 Å². The lowest BCUT2D eigenvalue weighted by Crippen LogP contribution is -2.26. The molecule has 0 aliphatic carbocycles. The van der Waals surface area contributed by atoms with Crippen molar-refractivity contribution in [3.8, 4) is 0 Å². The van der Waals surface area contributed by atoms with E-state index in [1.165, 1.54) is 17.5 Å². The van der Waals surface area contributed by atoms with Crippen molar-refractivity contribution >= 4 is 33.0 Å². The van der Waals surface area contributed by atoms with Crippen LogP contribution in [0.3, 0.4) is 0 Å². The van der Waals surface area contributed by atoms with Crippen LogP contribution in [0.4, 0.5) is 0 Å². The summed E-state index contributed by atoms with van der Waals surface area (Å²) in [4.78, 5) is 4.04. The van der Waals surface area contributed by atoms with Crippen LogP contribution in [0.25, 0.3) is 0 Å². The molecular weight excluding hydrogens is 318 g/mol. The molecule has 0 radical (unpaired) electrons. The van der Waals surface area contributed by atoms with E-state index in [0.29, 0.717) is 10.9 Å². The molecule has 1 unspecified atom stereocenters. The van der Waals surface area contributed by atoms with Gasteiger partial charge in [0.25, 0.3) is 0 Å². The highest BCUT2D eigenvalue weighted by molar-refractivity contribution is 7.89. The predicted octanol–water partition coefficient (Wildman–Crippen LogP) is 2.49. The van der Waals surface area contributed by atoms with Crippen molar-refractivity contribution in [2.75, 3.05) is 7.05 Å². The summed E-state index contributed by atoms with van der Waals surface area (Å²) >= 11 is 7.23. The number of hydrogen-bond acceptors (Lipinski definition) is 4. The van der Waals surface area contributed by atoms with Gasteiger partial charge in [-0.2, -0.15) is 0 Å². The number of sulfonamides is 1. The molecule has 8 heteroatoms. The first-order chi connectivity index (χ1) is 9.42. The Hall–Kier alpha value is -0.860. The lowest BCUT2D eigenvalue weighted by molar-refractivity contribution is 0.568. The molecule has 0 bridgehead atoms. The second-order valence-corrected chi connectivity index (χ2v) is 7.84. The smallest absolute Gasteiger partial charge is 0.242 e. The lowest BCUT2D eigenvalue weighted by Gasteiger charge is -2.11. The topological polar surface area (TPSA) is 74.0 Å². The fourth-order valence-electron chi connectivity index (χ4n) is 1.79. The third kappa shape index (κ3) is 3.62. The van der Waals surface area contributed by atoms with E-state index in [-0.39, 0.29) is 10.9 Å². The first-order valence-electron chi connectivity index (χ1n) is 6.02. The monoisotopic (exact) mass is 333 g/mol. The number of aromatic nitrogens is 1. The molecule has 0 saturated heterocycles. The summed E-state index contributed by atoms with van der Waals surface area (Å²) in [5, 5.41) is 2.96. The van der Waals surface area contributed by atoms with Crippen molar-refractivity contribution < 1.29 is 8.42 Å². The van der Waals surface area contributed by atoms with E-state index in [1.54, 1.807) is 26.1 Å². The van der Waals surface area contributed by atoms with E-state index >= 15 is 0 Å². The van der Waals surface area contributed by atoms with Crippen molar-refractivity contribution in [3.05, 3.63) is 39.3 Å². The molecule has 5 nitrogen and oxygen atoms in total. The Labute approximate surface area is 127 Å². The zero-order valence-electron chi connectivity index (χ0n) is 11.1. The van der Waals surface area contributed by atoms with E-state index in [4.69, 9.17) is 11.6 Å².